The van der Waals surface area contributed by atoms with E-state index < -0.39 is 0 Å². The molecule has 0 bridgehead atoms. The van der Waals surface area contributed by atoms with Crippen LogP contribution in [0.15, 0.2) is 72.8 Å². The smallest absolute Gasteiger partial charge is 0.129 e. The van der Waals surface area contributed by atoms with Crippen LogP contribution in [-0.4, -0.2) is 4.98 Å². The van der Waals surface area contributed by atoms with Gasteiger partial charge in [-0.1, -0.05) is 23.7 Å². The lowest BCUT2D eigenvalue weighted by Gasteiger charge is -2.24. The Kier molecular flexibility index (Phi) is 4.29. The number of pyridine rings is 1. The first-order chi connectivity index (χ1) is 14.1. The molecular weight excluding hydrogens is 392 g/mol. The van der Waals surface area contributed by atoms with Gasteiger partial charge in [0.2, 0.25) is 0 Å². The molecule has 1 aliphatic rings. The molecule has 3 aromatic carbocycles. The molecule has 0 saturated carbocycles. The zero-order valence-electron chi connectivity index (χ0n) is 15.1. The summed E-state index contributed by atoms with van der Waals surface area (Å²) >= 11 is 6.05. The van der Waals surface area contributed by atoms with Gasteiger partial charge in [0, 0.05) is 21.7 Å². The fourth-order valence-electron chi connectivity index (χ4n) is 3.56. The van der Waals surface area contributed by atoms with E-state index >= 15 is 0 Å². The van der Waals surface area contributed by atoms with Crippen LogP contribution >= 0.6 is 11.6 Å². The van der Waals surface area contributed by atoms with Gasteiger partial charge in [-0.3, -0.25) is 0 Å². The van der Waals surface area contributed by atoms with Crippen molar-refractivity contribution in [3.05, 3.63) is 95.0 Å². The second-order valence-corrected chi connectivity index (χ2v) is 7.26. The van der Waals surface area contributed by atoms with Gasteiger partial charge in [0.1, 0.15) is 24.0 Å². The van der Waals surface area contributed by atoms with Gasteiger partial charge >= 0.3 is 0 Å². The van der Waals surface area contributed by atoms with Crippen molar-refractivity contribution < 1.29 is 13.5 Å². The second kappa shape index (κ2) is 6.98. The van der Waals surface area contributed by atoms with Crippen LogP contribution in [0.3, 0.4) is 0 Å². The highest BCUT2D eigenvalue weighted by molar-refractivity contribution is 6.30. The van der Waals surface area contributed by atoms with E-state index in [1.807, 2.05) is 30.3 Å². The maximum Gasteiger partial charge on any atom is 0.129 e. The molecule has 0 saturated heterocycles. The van der Waals surface area contributed by atoms with Gasteiger partial charge in [-0.2, -0.15) is 0 Å². The summed E-state index contributed by atoms with van der Waals surface area (Å²) in [6.45, 7) is 0.322. The molecule has 2 nitrogen and oxygen atoms in total. The fourth-order valence-corrected chi connectivity index (χ4v) is 3.69. The lowest BCUT2D eigenvalue weighted by Crippen LogP contribution is -2.10. The van der Waals surface area contributed by atoms with Crippen LogP contribution in [0, 0.1) is 11.6 Å². The summed E-state index contributed by atoms with van der Waals surface area (Å²) in [4.78, 5) is 4.80. The van der Waals surface area contributed by atoms with Crippen LogP contribution in [0.4, 0.5) is 8.78 Å². The molecule has 0 radical (unpaired) electrons. The van der Waals surface area contributed by atoms with E-state index in [0.717, 1.165) is 22.3 Å². The third-order valence-electron chi connectivity index (χ3n) is 4.99. The van der Waals surface area contributed by atoms with Crippen molar-refractivity contribution in [3.63, 3.8) is 0 Å². The number of nitrogens with zero attached hydrogens (tertiary/aromatic N) is 1. The fraction of sp³-hybridized carbons (Fsp3) is 0.0417. The molecule has 5 heteroatoms. The number of ether oxygens (including phenoxy) is 1. The van der Waals surface area contributed by atoms with E-state index in [2.05, 4.69) is 0 Å². The molecule has 5 rings (SSSR count). The Morgan fingerprint density at radius 2 is 1.45 bits per heavy atom. The molecule has 0 amide bonds. The summed E-state index contributed by atoms with van der Waals surface area (Å²) < 4.78 is 33.3. The van der Waals surface area contributed by atoms with Crippen molar-refractivity contribution in [1.82, 2.24) is 4.98 Å². The number of halogens is 3. The van der Waals surface area contributed by atoms with Gasteiger partial charge in [0.15, 0.2) is 0 Å². The normalized spacial score (nSPS) is 12.1. The maximum atomic E-state index is 14.0. The molecule has 29 heavy (non-hydrogen) atoms. The zero-order chi connectivity index (χ0) is 20.0. The Morgan fingerprint density at radius 1 is 0.759 bits per heavy atom. The number of benzene rings is 3. The minimum absolute atomic E-state index is 0.314. The number of hydrogen-bond donors (Lipinski definition) is 0. The average molecular weight is 406 g/mol. The zero-order valence-corrected chi connectivity index (χ0v) is 15.9. The van der Waals surface area contributed by atoms with Crippen molar-refractivity contribution >= 4 is 11.6 Å². The molecule has 0 unspecified atom stereocenters. The van der Waals surface area contributed by atoms with Crippen LogP contribution in [0.1, 0.15) is 5.56 Å². The van der Waals surface area contributed by atoms with E-state index in [9.17, 15) is 8.78 Å². The Morgan fingerprint density at radius 3 is 2.21 bits per heavy atom. The van der Waals surface area contributed by atoms with Crippen molar-refractivity contribution in [2.45, 2.75) is 6.61 Å². The lowest BCUT2D eigenvalue weighted by molar-refractivity contribution is 0.301. The first-order valence-corrected chi connectivity index (χ1v) is 9.45. The third-order valence-corrected chi connectivity index (χ3v) is 5.24. The lowest BCUT2D eigenvalue weighted by atomic mass is 9.92. The van der Waals surface area contributed by atoms with Gasteiger partial charge in [-0.15, -0.1) is 0 Å². The molecule has 2 heterocycles. The monoisotopic (exact) mass is 405 g/mol. The molecule has 1 aliphatic heterocycles. The maximum absolute atomic E-state index is 14.0. The van der Waals surface area contributed by atoms with E-state index in [1.165, 1.54) is 24.3 Å². The van der Waals surface area contributed by atoms with Gasteiger partial charge in [-0.25, -0.2) is 13.8 Å². The van der Waals surface area contributed by atoms with Gasteiger partial charge in [0.05, 0.1) is 11.4 Å². The van der Waals surface area contributed by atoms with Gasteiger partial charge < -0.3 is 4.74 Å². The largest absolute Gasteiger partial charge is 0.488 e. The Balaban J connectivity index is 1.79. The highest BCUT2D eigenvalue weighted by atomic mass is 35.5. The number of hydrogen-bond acceptors (Lipinski definition) is 2. The van der Waals surface area contributed by atoms with Gasteiger partial charge in [-0.05, 0) is 71.8 Å². The van der Waals surface area contributed by atoms with E-state index in [4.69, 9.17) is 21.3 Å². The quantitative estimate of drug-likeness (QED) is 0.361. The minimum atomic E-state index is -0.359. The molecule has 0 N–H and O–H groups in total. The van der Waals surface area contributed by atoms with Crippen LogP contribution < -0.4 is 4.74 Å². The number of rotatable bonds is 2. The highest BCUT2D eigenvalue weighted by Gasteiger charge is 2.24. The summed E-state index contributed by atoms with van der Waals surface area (Å²) in [5.74, 6) is -0.0857. The summed E-state index contributed by atoms with van der Waals surface area (Å²) in [6, 6.07) is 20.0. The first-order valence-electron chi connectivity index (χ1n) is 9.07. The highest BCUT2D eigenvalue weighted by Crippen LogP contribution is 2.42. The Bertz CT molecular complexity index is 1220. The van der Waals surface area contributed by atoms with E-state index in [1.54, 1.807) is 18.2 Å². The Hall–Kier alpha value is -3.24. The molecule has 4 aromatic rings. The van der Waals surface area contributed by atoms with Crippen molar-refractivity contribution in [2.75, 3.05) is 0 Å². The summed E-state index contributed by atoms with van der Waals surface area (Å²) in [5.41, 5.74) is 5.44. The predicted molar refractivity (Wildman–Crippen MR) is 110 cm³/mol. The SMILES string of the molecule is Fc1ccc(-c2cc(-c3ccc(Cl)cc3)c3c(n2)-c2cc(F)ccc2OC3)cc1. The van der Waals surface area contributed by atoms with Crippen LogP contribution in [0.25, 0.3) is 33.6 Å². The van der Waals surface area contributed by atoms with Crippen LogP contribution in [0.2, 0.25) is 5.02 Å². The topological polar surface area (TPSA) is 22.1 Å². The third kappa shape index (κ3) is 3.26. The van der Waals surface area contributed by atoms with E-state index in [0.29, 0.717) is 34.3 Å². The number of fused-ring (bicyclic) bond motifs is 3. The molecule has 1 aromatic heterocycles. The minimum Gasteiger partial charge on any atom is -0.488 e. The molecule has 0 spiro atoms. The Labute approximate surface area is 171 Å². The van der Waals surface area contributed by atoms with E-state index in [-0.39, 0.29) is 11.6 Å². The standard InChI is InChI=1S/C24H14ClF2NO/c25-16-5-1-14(2-6-16)19-12-22(15-3-7-17(26)8-4-15)28-24-20-11-18(27)9-10-23(20)29-13-21(19)24/h1-12H,13H2. The number of aromatic nitrogens is 1. The van der Waals surface area contributed by atoms with Crippen molar-refractivity contribution in [3.8, 4) is 39.4 Å². The summed E-state index contributed by atoms with van der Waals surface area (Å²) in [6.07, 6.45) is 0. The second-order valence-electron chi connectivity index (χ2n) is 6.83. The molecule has 0 fully saturated rings. The summed E-state index contributed by atoms with van der Waals surface area (Å²) in [7, 11) is 0. The van der Waals surface area contributed by atoms with Crippen molar-refractivity contribution in [2.24, 2.45) is 0 Å². The van der Waals surface area contributed by atoms with Gasteiger partial charge in [0.25, 0.3) is 0 Å². The summed E-state index contributed by atoms with van der Waals surface area (Å²) in [5, 5.41) is 0.638. The molecule has 142 valence electrons. The molecule has 0 atom stereocenters. The van der Waals surface area contributed by atoms with Crippen LogP contribution in [0.5, 0.6) is 5.75 Å². The van der Waals surface area contributed by atoms with Crippen LogP contribution in [-0.2, 0) is 6.61 Å². The van der Waals surface area contributed by atoms with Crippen molar-refractivity contribution in [1.29, 1.82) is 0 Å². The molecular formula is C24H14ClF2NO. The predicted octanol–water partition coefficient (Wildman–Crippen LogP) is 6.91. The molecule has 0 aliphatic carbocycles. The average Bonchev–Trinajstić information content (AvgIpc) is 2.74. The first kappa shape index (κ1) is 17.8.